The molecule has 25 heavy (non-hydrogen) atoms. The first-order chi connectivity index (χ1) is 11.6. The first-order valence-electron chi connectivity index (χ1n) is 8.47. The van der Waals surface area contributed by atoms with E-state index in [1.165, 1.54) is 0 Å². The molecule has 1 aromatic rings. The standard InChI is InChI=1S/C18H27N3O3.ClH/c1-3-21(14-15-7-5-4-6-8-15)16(22)13-20-17(23)18(24-2)9-11-19-12-10-18;/h4-8,19H,3,9-14H2,1-2H3,(H,20,23);1H. The second-order valence-corrected chi connectivity index (χ2v) is 6.02. The Hall–Kier alpha value is -1.63. The third-order valence-corrected chi connectivity index (χ3v) is 4.57. The summed E-state index contributed by atoms with van der Waals surface area (Å²) in [4.78, 5) is 26.6. The molecule has 0 bridgehead atoms. The lowest BCUT2D eigenvalue weighted by molar-refractivity contribution is -0.148. The van der Waals surface area contributed by atoms with E-state index in [1.807, 2.05) is 37.3 Å². The minimum absolute atomic E-state index is 0. The van der Waals surface area contributed by atoms with Crippen LogP contribution in [-0.2, 0) is 20.9 Å². The van der Waals surface area contributed by atoms with E-state index in [0.717, 1.165) is 18.7 Å². The molecule has 6 nitrogen and oxygen atoms in total. The number of carbonyl (C=O) groups excluding carboxylic acids is 2. The highest BCUT2D eigenvalue weighted by Crippen LogP contribution is 2.22. The van der Waals surface area contributed by atoms with Gasteiger partial charge in [0.05, 0.1) is 6.54 Å². The average Bonchev–Trinajstić information content (AvgIpc) is 2.65. The fraction of sp³-hybridized carbons (Fsp3) is 0.556. The molecule has 1 aliphatic heterocycles. The van der Waals surface area contributed by atoms with E-state index in [1.54, 1.807) is 12.0 Å². The van der Waals surface area contributed by atoms with Crippen LogP contribution >= 0.6 is 12.4 Å². The summed E-state index contributed by atoms with van der Waals surface area (Å²) >= 11 is 0. The number of methoxy groups -OCH3 is 1. The molecule has 1 heterocycles. The minimum atomic E-state index is -0.817. The van der Waals surface area contributed by atoms with Gasteiger partial charge in [-0.25, -0.2) is 0 Å². The summed E-state index contributed by atoms with van der Waals surface area (Å²) in [5.41, 5.74) is 0.257. The minimum Gasteiger partial charge on any atom is -0.368 e. The Kier molecular flexibility index (Phi) is 8.89. The van der Waals surface area contributed by atoms with Crippen molar-refractivity contribution >= 4 is 24.2 Å². The van der Waals surface area contributed by atoms with E-state index in [9.17, 15) is 9.59 Å². The Morgan fingerprint density at radius 2 is 1.88 bits per heavy atom. The van der Waals surface area contributed by atoms with Crippen molar-refractivity contribution in [1.29, 1.82) is 0 Å². The molecule has 0 unspecified atom stereocenters. The molecule has 0 aromatic heterocycles. The molecule has 0 saturated carbocycles. The van der Waals surface area contributed by atoms with Crippen molar-refractivity contribution in [3.05, 3.63) is 35.9 Å². The zero-order chi connectivity index (χ0) is 17.4. The maximum Gasteiger partial charge on any atom is 0.252 e. The predicted octanol–water partition coefficient (Wildman–Crippen LogP) is 1.34. The summed E-state index contributed by atoms with van der Waals surface area (Å²) in [6.07, 6.45) is 1.23. The maximum atomic E-state index is 12.5. The smallest absolute Gasteiger partial charge is 0.252 e. The zero-order valence-electron chi connectivity index (χ0n) is 14.9. The van der Waals surface area contributed by atoms with E-state index in [0.29, 0.717) is 25.9 Å². The molecule has 0 spiro atoms. The van der Waals surface area contributed by atoms with Gasteiger partial charge in [0.1, 0.15) is 5.60 Å². The normalized spacial score (nSPS) is 15.8. The molecule has 1 aliphatic rings. The number of likely N-dealkylation sites (N-methyl/N-ethyl adjacent to an activating group) is 1. The molecule has 140 valence electrons. The predicted molar refractivity (Wildman–Crippen MR) is 99.6 cm³/mol. The quantitative estimate of drug-likeness (QED) is 0.761. The number of ether oxygens (including phenoxy) is 1. The number of benzene rings is 1. The van der Waals surface area contributed by atoms with Crippen LogP contribution in [0.1, 0.15) is 25.3 Å². The molecule has 2 N–H and O–H groups in total. The average molecular weight is 370 g/mol. The lowest BCUT2D eigenvalue weighted by Crippen LogP contribution is -2.55. The van der Waals surface area contributed by atoms with Gasteiger partial charge in [-0.2, -0.15) is 0 Å². The zero-order valence-corrected chi connectivity index (χ0v) is 15.7. The second kappa shape index (κ2) is 10.4. The summed E-state index contributed by atoms with van der Waals surface area (Å²) in [6.45, 7) is 4.56. The molecule has 2 amide bonds. The van der Waals surface area contributed by atoms with E-state index >= 15 is 0 Å². The van der Waals surface area contributed by atoms with Gasteiger partial charge in [-0.3, -0.25) is 9.59 Å². The number of nitrogens with zero attached hydrogens (tertiary/aromatic N) is 1. The highest BCUT2D eigenvalue weighted by atomic mass is 35.5. The van der Waals surface area contributed by atoms with Crippen molar-refractivity contribution < 1.29 is 14.3 Å². The lowest BCUT2D eigenvalue weighted by Gasteiger charge is -2.34. The van der Waals surface area contributed by atoms with Gasteiger partial charge in [-0.15, -0.1) is 12.4 Å². The summed E-state index contributed by atoms with van der Waals surface area (Å²) in [7, 11) is 1.56. The molecule has 2 rings (SSSR count). The van der Waals surface area contributed by atoms with Gasteiger partial charge >= 0.3 is 0 Å². The Morgan fingerprint density at radius 3 is 2.44 bits per heavy atom. The first-order valence-corrected chi connectivity index (χ1v) is 8.47. The van der Waals surface area contributed by atoms with Crippen LogP contribution in [0.4, 0.5) is 0 Å². The first kappa shape index (κ1) is 21.4. The molecule has 1 fully saturated rings. The molecule has 1 aromatic carbocycles. The van der Waals surface area contributed by atoms with E-state index in [-0.39, 0.29) is 30.8 Å². The van der Waals surface area contributed by atoms with Crippen molar-refractivity contribution in [2.45, 2.75) is 31.9 Å². The van der Waals surface area contributed by atoms with Crippen LogP contribution in [0.3, 0.4) is 0 Å². The van der Waals surface area contributed by atoms with Crippen molar-refractivity contribution in [3.63, 3.8) is 0 Å². The largest absolute Gasteiger partial charge is 0.368 e. The highest BCUT2D eigenvalue weighted by molar-refractivity contribution is 5.89. The number of amides is 2. The number of piperidine rings is 1. The number of nitrogens with one attached hydrogen (secondary N) is 2. The molecular formula is C18H28ClN3O3. The number of carbonyl (C=O) groups is 2. The van der Waals surface area contributed by atoms with E-state index in [2.05, 4.69) is 10.6 Å². The molecule has 0 radical (unpaired) electrons. The number of halogens is 1. The summed E-state index contributed by atoms with van der Waals surface area (Å²) in [5, 5.41) is 5.97. The summed E-state index contributed by atoms with van der Waals surface area (Å²) in [5.74, 6) is -0.287. The van der Waals surface area contributed by atoms with Crippen LogP contribution in [0, 0.1) is 0 Å². The fourth-order valence-electron chi connectivity index (χ4n) is 2.96. The van der Waals surface area contributed by atoms with Gasteiger partial charge < -0.3 is 20.3 Å². The van der Waals surface area contributed by atoms with Gasteiger partial charge in [0.25, 0.3) is 5.91 Å². The van der Waals surface area contributed by atoms with Crippen molar-refractivity contribution in [3.8, 4) is 0 Å². The van der Waals surface area contributed by atoms with Crippen LogP contribution in [0.25, 0.3) is 0 Å². The number of rotatable bonds is 7. The molecule has 0 aliphatic carbocycles. The van der Waals surface area contributed by atoms with Crippen LogP contribution in [-0.4, -0.2) is 55.6 Å². The van der Waals surface area contributed by atoms with Gasteiger partial charge in [-0.1, -0.05) is 30.3 Å². The summed E-state index contributed by atoms with van der Waals surface area (Å²) in [6, 6.07) is 9.84. The van der Waals surface area contributed by atoms with Crippen LogP contribution < -0.4 is 10.6 Å². The molecule has 1 saturated heterocycles. The van der Waals surface area contributed by atoms with E-state index < -0.39 is 5.60 Å². The summed E-state index contributed by atoms with van der Waals surface area (Å²) < 4.78 is 5.48. The fourth-order valence-corrected chi connectivity index (χ4v) is 2.96. The number of hydrogen-bond donors (Lipinski definition) is 2. The van der Waals surface area contributed by atoms with Gasteiger partial charge in [0.2, 0.25) is 5.91 Å². The van der Waals surface area contributed by atoms with Gasteiger partial charge in [-0.05, 0) is 38.4 Å². The molecule has 7 heteroatoms. The highest BCUT2D eigenvalue weighted by Gasteiger charge is 2.39. The van der Waals surface area contributed by atoms with Crippen molar-refractivity contribution in [1.82, 2.24) is 15.5 Å². The SMILES string of the molecule is CCN(Cc1ccccc1)C(=O)CNC(=O)C1(OC)CCNCC1.Cl. The topological polar surface area (TPSA) is 70.7 Å². The maximum absolute atomic E-state index is 12.5. The van der Waals surface area contributed by atoms with Crippen LogP contribution in [0.5, 0.6) is 0 Å². The van der Waals surface area contributed by atoms with E-state index in [4.69, 9.17) is 4.74 Å². The molecule has 0 atom stereocenters. The Morgan fingerprint density at radius 1 is 1.24 bits per heavy atom. The monoisotopic (exact) mass is 369 g/mol. The lowest BCUT2D eigenvalue weighted by atomic mass is 9.91. The Bertz CT molecular complexity index is 548. The van der Waals surface area contributed by atoms with Crippen molar-refractivity contribution in [2.24, 2.45) is 0 Å². The third-order valence-electron chi connectivity index (χ3n) is 4.57. The van der Waals surface area contributed by atoms with Gasteiger partial charge in [0, 0.05) is 20.2 Å². The van der Waals surface area contributed by atoms with Crippen LogP contribution in [0.15, 0.2) is 30.3 Å². The third kappa shape index (κ3) is 5.70. The van der Waals surface area contributed by atoms with Crippen LogP contribution in [0.2, 0.25) is 0 Å². The second-order valence-electron chi connectivity index (χ2n) is 6.02. The molecular weight excluding hydrogens is 342 g/mol. The van der Waals surface area contributed by atoms with Crippen molar-refractivity contribution in [2.75, 3.05) is 33.3 Å². The van der Waals surface area contributed by atoms with Gasteiger partial charge in [0.15, 0.2) is 0 Å². The number of hydrogen-bond acceptors (Lipinski definition) is 4. The Balaban J connectivity index is 0.00000312. The Labute approximate surface area is 155 Å².